The van der Waals surface area contributed by atoms with Crippen LogP contribution in [0, 0.1) is 32.4 Å². The van der Waals surface area contributed by atoms with Crippen LogP contribution in [0.5, 0.6) is 5.75 Å². The molecule has 0 atom stereocenters. The molecule has 0 aromatic heterocycles. The van der Waals surface area contributed by atoms with Gasteiger partial charge in [-0.25, -0.2) is 13.6 Å². The molecule has 0 N–H and O–H groups in total. The minimum Gasteiger partial charge on any atom is -0.423 e. The van der Waals surface area contributed by atoms with Gasteiger partial charge >= 0.3 is 16.2 Å². The van der Waals surface area contributed by atoms with E-state index in [-0.39, 0.29) is 17.7 Å². The second kappa shape index (κ2) is 5.38. The van der Waals surface area contributed by atoms with E-state index in [2.05, 4.69) is 4.74 Å². The van der Waals surface area contributed by atoms with E-state index >= 15 is 0 Å². The van der Waals surface area contributed by atoms with E-state index in [1.807, 2.05) is 0 Å². The maximum atomic E-state index is 13.6. The molecule has 0 saturated heterocycles. The highest BCUT2D eigenvalue weighted by molar-refractivity contribution is 8.45. The molecule has 0 aliphatic rings. The van der Waals surface area contributed by atoms with Crippen LogP contribution in [0.25, 0.3) is 0 Å². The van der Waals surface area contributed by atoms with Gasteiger partial charge in [0.15, 0.2) is 16.5 Å². The van der Waals surface area contributed by atoms with Gasteiger partial charge in [0, 0.05) is 12.1 Å². The summed E-state index contributed by atoms with van der Waals surface area (Å²) in [6, 6.07) is 3.05. The Morgan fingerprint density at radius 2 is 1.27 bits per heavy atom. The summed E-state index contributed by atoms with van der Waals surface area (Å²) >= 11 is 0. The smallest absolute Gasteiger partial charge is 0.344 e. The number of ether oxygens (including phenoxy) is 1. The van der Waals surface area contributed by atoms with Crippen molar-refractivity contribution in [1.82, 2.24) is 0 Å². The summed E-state index contributed by atoms with van der Waals surface area (Å²) in [6.07, 6.45) is 0. The number of hydrogen-bond acceptors (Lipinski definition) is 2. The number of benzene rings is 2. The first-order chi connectivity index (χ1) is 11.5. The summed E-state index contributed by atoms with van der Waals surface area (Å²) in [5.41, 5.74) is 1.82. The van der Waals surface area contributed by atoms with Gasteiger partial charge in [-0.2, -0.15) is 0 Å². The zero-order chi connectivity index (χ0) is 20.1. The Labute approximate surface area is 144 Å². The SMILES string of the molecule is Cc1cc(C)c(C(=O)Oc2cc(F)c(S(F)(F)(F)(F)F)c(F)c2)c(C)c1. The highest BCUT2D eigenvalue weighted by atomic mass is 32.5. The normalized spacial score (nSPS) is 14.5. The molecule has 0 aliphatic heterocycles. The highest BCUT2D eigenvalue weighted by Crippen LogP contribution is 3.02. The highest BCUT2D eigenvalue weighted by Gasteiger charge is 2.69. The average molecular weight is 402 g/mol. The minimum atomic E-state index is -10.6. The summed E-state index contributed by atoms with van der Waals surface area (Å²) < 4.78 is 95.2. The molecule has 26 heavy (non-hydrogen) atoms. The first-order valence-corrected chi connectivity index (χ1v) is 8.98. The van der Waals surface area contributed by atoms with Crippen LogP contribution in [-0.4, -0.2) is 5.97 Å². The number of esters is 1. The fourth-order valence-corrected chi connectivity index (χ4v) is 3.48. The van der Waals surface area contributed by atoms with Crippen LogP contribution in [0.3, 0.4) is 0 Å². The maximum absolute atomic E-state index is 13.6. The van der Waals surface area contributed by atoms with Gasteiger partial charge in [0.25, 0.3) is 0 Å². The van der Waals surface area contributed by atoms with Crippen LogP contribution in [0.4, 0.5) is 28.2 Å². The molecule has 144 valence electrons. The lowest BCUT2D eigenvalue weighted by molar-refractivity contribution is 0.0732. The zero-order valence-electron chi connectivity index (χ0n) is 13.7. The van der Waals surface area contributed by atoms with Crippen molar-refractivity contribution in [2.45, 2.75) is 25.7 Å². The van der Waals surface area contributed by atoms with Crippen LogP contribution < -0.4 is 4.74 Å². The van der Waals surface area contributed by atoms with Gasteiger partial charge < -0.3 is 4.74 Å². The topological polar surface area (TPSA) is 26.3 Å². The number of carbonyl (C=O) groups excluding carboxylic acids is 1. The summed E-state index contributed by atoms with van der Waals surface area (Å²) in [4.78, 5) is 8.90. The van der Waals surface area contributed by atoms with Gasteiger partial charge in [-0.05, 0) is 31.9 Å². The lowest BCUT2D eigenvalue weighted by Crippen LogP contribution is -2.15. The predicted octanol–water partition coefficient (Wildman–Crippen LogP) is 6.77. The van der Waals surface area contributed by atoms with Crippen molar-refractivity contribution in [3.63, 3.8) is 0 Å². The molecule has 2 rings (SSSR count). The van der Waals surface area contributed by atoms with Gasteiger partial charge in [0.05, 0.1) is 5.56 Å². The second-order valence-electron chi connectivity index (χ2n) is 5.85. The first-order valence-electron chi connectivity index (χ1n) is 7.03. The molecule has 2 aromatic rings. The Bertz CT molecular complexity index is 875. The van der Waals surface area contributed by atoms with Gasteiger partial charge in [0.1, 0.15) is 5.75 Å². The third-order valence-corrected chi connectivity index (χ3v) is 4.61. The van der Waals surface area contributed by atoms with Crippen molar-refractivity contribution in [1.29, 1.82) is 0 Å². The second-order valence-corrected chi connectivity index (χ2v) is 8.19. The largest absolute Gasteiger partial charge is 0.423 e. The Hall–Kier alpha value is -2.23. The summed E-state index contributed by atoms with van der Waals surface area (Å²) in [7, 11) is -10.6. The van der Waals surface area contributed by atoms with Crippen LogP contribution in [0.15, 0.2) is 29.2 Å². The van der Waals surface area contributed by atoms with Crippen LogP contribution in [0.2, 0.25) is 0 Å². The molecule has 10 heteroatoms. The van der Waals surface area contributed by atoms with Crippen molar-refractivity contribution in [2.75, 3.05) is 0 Å². The molecule has 0 fully saturated rings. The molecule has 0 unspecified atom stereocenters. The van der Waals surface area contributed by atoms with E-state index < -0.39 is 38.5 Å². The lowest BCUT2D eigenvalue weighted by atomic mass is 10.00. The molecule has 0 aliphatic carbocycles. The quantitative estimate of drug-likeness (QED) is 0.322. The number of halogens is 7. The fraction of sp³-hybridized carbons (Fsp3) is 0.188. The zero-order valence-corrected chi connectivity index (χ0v) is 14.5. The van der Waals surface area contributed by atoms with E-state index in [0.717, 1.165) is 5.56 Å². The summed E-state index contributed by atoms with van der Waals surface area (Å²) in [5.74, 6) is -7.18. The average Bonchev–Trinajstić information content (AvgIpc) is 2.31. The van der Waals surface area contributed by atoms with Gasteiger partial charge in [-0.1, -0.05) is 37.1 Å². The van der Waals surface area contributed by atoms with Gasteiger partial charge in [0.2, 0.25) is 0 Å². The van der Waals surface area contributed by atoms with Crippen molar-refractivity contribution in [3.05, 3.63) is 58.2 Å². The molecule has 0 spiro atoms. The Morgan fingerprint density at radius 3 is 1.65 bits per heavy atom. The van der Waals surface area contributed by atoms with E-state index in [1.54, 1.807) is 32.9 Å². The predicted molar refractivity (Wildman–Crippen MR) is 83.4 cm³/mol. The van der Waals surface area contributed by atoms with Crippen LogP contribution in [0.1, 0.15) is 27.0 Å². The molecule has 0 radical (unpaired) electrons. The van der Waals surface area contributed by atoms with Crippen molar-refractivity contribution in [2.24, 2.45) is 0 Å². The van der Waals surface area contributed by atoms with Gasteiger partial charge in [-0.3, -0.25) is 0 Å². The Kier molecular flexibility index (Phi) is 4.16. The van der Waals surface area contributed by atoms with Crippen LogP contribution in [-0.2, 0) is 0 Å². The maximum Gasteiger partial charge on any atom is 0.344 e. The fourth-order valence-electron chi connectivity index (χ4n) is 2.62. The molecule has 0 bridgehead atoms. The van der Waals surface area contributed by atoms with E-state index in [9.17, 15) is 33.0 Å². The Morgan fingerprint density at radius 1 is 0.846 bits per heavy atom. The van der Waals surface area contributed by atoms with E-state index in [4.69, 9.17) is 0 Å². The van der Waals surface area contributed by atoms with Crippen molar-refractivity contribution in [3.8, 4) is 5.75 Å². The number of hydrogen-bond donors (Lipinski definition) is 0. The molecule has 0 saturated carbocycles. The summed E-state index contributed by atoms with van der Waals surface area (Å²) in [5, 5.41) is 0. The van der Waals surface area contributed by atoms with Crippen molar-refractivity contribution < 1.29 is 37.7 Å². The third-order valence-electron chi connectivity index (χ3n) is 3.45. The van der Waals surface area contributed by atoms with Crippen molar-refractivity contribution >= 4 is 16.2 Å². The standard InChI is InChI=1S/C16H13F7O2S/c1-8-4-9(2)14(10(3)5-8)16(24)25-11-6-12(17)15(13(18)7-11)26(19,20,21,22)23/h4-7H,1-3H3. The molecule has 2 aromatic carbocycles. The first kappa shape index (κ1) is 20.1. The van der Waals surface area contributed by atoms with E-state index in [1.165, 1.54) is 0 Å². The molecule has 2 nitrogen and oxygen atoms in total. The molecule has 0 amide bonds. The molecular formula is C16H13F7O2S. The molecule has 0 heterocycles. The number of carbonyl (C=O) groups is 1. The van der Waals surface area contributed by atoms with Gasteiger partial charge in [-0.15, -0.1) is 0 Å². The Balaban J connectivity index is 2.46. The summed E-state index contributed by atoms with van der Waals surface area (Å²) in [6.45, 7) is 4.89. The number of aryl methyl sites for hydroxylation is 3. The monoisotopic (exact) mass is 402 g/mol. The molecular weight excluding hydrogens is 389 g/mol. The number of rotatable bonds is 3. The van der Waals surface area contributed by atoms with Crippen LogP contribution >= 0.6 is 10.2 Å². The lowest BCUT2D eigenvalue weighted by Gasteiger charge is -2.40. The minimum absolute atomic E-state index is 0.0493. The third kappa shape index (κ3) is 4.12. The van der Waals surface area contributed by atoms with E-state index in [0.29, 0.717) is 11.1 Å².